The first kappa shape index (κ1) is 79.4. The van der Waals surface area contributed by atoms with Gasteiger partial charge in [-0.1, -0.05) is 48.5 Å². The number of amides is 11. The maximum absolute atomic E-state index is 14.0. The van der Waals surface area contributed by atoms with Crippen molar-refractivity contribution in [3.63, 3.8) is 0 Å². The van der Waals surface area contributed by atoms with E-state index in [9.17, 15) is 62.6 Å². The average molecular weight is 1540 g/mol. The summed E-state index contributed by atoms with van der Waals surface area (Å²) < 4.78 is 12.1. The Morgan fingerprint density at radius 3 is 1.24 bits per heavy atom. The average Bonchev–Trinajstić information content (AvgIpc) is 1.28. The second kappa shape index (κ2) is 35.2. The van der Waals surface area contributed by atoms with E-state index < -0.39 is 71.6 Å². The lowest BCUT2D eigenvalue weighted by atomic mass is 10.0. The molecule has 11 aromatic rings. The van der Waals surface area contributed by atoms with Gasteiger partial charge in [-0.15, -0.1) is 0 Å². The SMILES string of the molecule is CN(CCCNC(=O)c1cccc(C(=O)O)c1)CCCNC(=O)c1cc(NC(=O)c2cc(NC(=O)c3cc(NC(=O)c4nc(NC(=O)C[C@@H](CNC(=O)c5cc(NC(=O)c6cc(NC(=O)c7cc(NC(=O)c8nccn8C)cn7C)cn6C)cn5C)NC(=O)c5ccc(-c6ccccc6)cc5)cn4C)cn3C)cn2C)cn1C. The molecule has 35 heteroatoms. The molecule has 0 saturated heterocycles. The van der Waals surface area contributed by atoms with Crippen molar-refractivity contribution < 1.29 is 62.6 Å². The highest BCUT2D eigenvalue weighted by molar-refractivity contribution is 6.11. The second-order valence-electron chi connectivity index (χ2n) is 27.0. The largest absolute Gasteiger partial charge is 0.478 e. The summed E-state index contributed by atoms with van der Waals surface area (Å²) in [6.45, 7) is 1.83. The summed E-state index contributed by atoms with van der Waals surface area (Å²) >= 11 is 0. The molecule has 12 N–H and O–H groups in total. The summed E-state index contributed by atoms with van der Waals surface area (Å²) in [6.07, 6.45) is 14.7. The second-order valence-corrected chi connectivity index (χ2v) is 27.0. The van der Waals surface area contributed by atoms with Crippen molar-refractivity contribution in [2.45, 2.75) is 25.3 Å². The number of aromatic carboxylic acids is 1. The molecule has 0 saturated carbocycles. The fourth-order valence-corrected chi connectivity index (χ4v) is 12.4. The number of imidazole rings is 2. The molecule has 0 spiro atoms. The van der Waals surface area contributed by atoms with Crippen molar-refractivity contribution >= 4 is 111 Å². The molecule has 584 valence electrons. The number of nitrogens with one attached hydrogen (secondary N) is 11. The number of hydrogen-bond acceptors (Lipinski definition) is 15. The number of anilines is 7. The Bertz CT molecular complexity index is 5470. The van der Waals surface area contributed by atoms with Crippen molar-refractivity contribution in [2.24, 2.45) is 56.4 Å². The number of carbonyl (C=O) groups excluding carboxylic acids is 11. The molecule has 1 atom stereocenters. The van der Waals surface area contributed by atoms with Crippen molar-refractivity contribution in [1.29, 1.82) is 0 Å². The molecule has 8 aromatic heterocycles. The Labute approximate surface area is 646 Å². The zero-order valence-electron chi connectivity index (χ0n) is 63.2. The fourth-order valence-electron chi connectivity index (χ4n) is 12.4. The van der Waals surface area contributed by atoms with Gasteiger partial charge in [0, 0.05) is 149 Å². The Kier molecular flexibility index (Phi) is 24.7. The highest BCUT2D eigenvalue weighted by Crippen LogP contribution is 2.25. The molecule has 0 unspecified atom stereocenters. The van der Waals surface area contributed by atoms with Crippen LogP contribution in [0.15, 0.2) is 171 Å². The first-order chi connectivity index (χ1) is 54.0. The number of carbonyl (C=O) groups is 12. The third-order valence-corrected chi connectivity index (χ3v) is 18.3. The van der Waals surface area contributed by atoms with Gasteiger partial charge in [-0.25, -0.2) is 14.8 Å². The summed E-state index contributed by atoms with van der Waals surface area (Å²) in [4.78, 5) is 170. The molecule has 8 heterocycles. The van der Waals surface area contributed by atoms with E-state index >= 15 is 0 Å². The smallest absolute Gasteiger partial charge is 0.335 e. The first-order valence-electron chi connectivity index (χ1n) is 35.5. The molecule has 11 amide bonds. The Balaban J connectivity index is 0.653. The number of nitrogens with zero attached hydrogens (tertiary/aromatic N) is 11. The number of hydrogen-bond donors (Lipinski definition) is 12. The number of aryl methyl sites for hydroxylation is 8. The number of benzene rings is 3. The Hall–Kier alpha value is -14.6. The monoisotopic (exact) mass is 1540 g/mol. The number of carboxylic acids is 1. The summed E-state index contributed by atoms with van der Waals surface area (Å²) in [5, 5.41) is 39.9. The minimum Gasteiger partial charge on any atom is -0.478 e. The fraction of sp³-hybridized carbons (Fsp3) is 0.231. The van der Waals surface area contributed by atoms with Crippen LogP contribution in [0.5, 0.6) is 0 Å². The summed E-state index contributed by atoms with van der Waals surface area (Å²) in [5.74, 6) is -6.96. The third kappa shape index (κ3) is 20.0. The zero-order valence-corrected chi connectivity index (χ0v) is 63.2. The van der Waals surface area contributed by atoms with Gasteiger partial charge in [-0.2, -0.15) is 0 Å². The molecule has 35 nitrogen and oxygen atoms in total. The van der Waals surface area contributed by atoms with Crippen LogP contribution in [0.1, 0.15) is 135 Å². The molecule has 3 aromatic carbocycles. The van der Waals surface area contributed by atoms with E-state index in [4.69, 9.17) is 0 Å². The van der Waals surface area contributed by atoms with Crippen LogP contribution in [0, 0.1) is 0 Å². The molecular formula is C78H84N22O13. The highest BCUT2D eigenvalue weighted by atomic mass is 16.4. The van der Waals surface area contributed by atoms with Gasteiger partial charge < -0.3 is 105 Å². The Morgan fingerprint density at radius 1 is 0.389 bits per heavy atom. The van der Waals surface area contributed by atoms with E-state index in [1.807, 2.05) is 37.4 Å². The van der Waals surface area contributed by atoms with Crippen LogP contribution < -0.4 is 58.5 Å². The lowest BCUT2D eigenvalue weighted by Crippen LogP contribution is -2.45. The molecule has 0 aliphatic heterocycles. The van der Waals surface area contributed by atoms with E-state index in [1.54, 1.807) is 126 Å². The van der Waals surface area contributed by atoms with Crippen LogP contribution in [-0.4, -0.2) is 173 Å². The minimum atomic E-state index is -1.11. The van der Waals surface area contributed by atoms with Crippen LogP contribution in [0.25, 0.3) is 11.1 Å². The van der Waals surface area contributed by atoms with E-state index in [2.05, 4.69) is 73.4 Å². The van der Waals surface area contributed by atoms with Crippen molar-refractivity contribution in [2.75, 3.05) is 77.0 Å². The number of aromatic nitrogens is 10. The molecule has 0 aliphatic rings. The summed E-state index contributed by atoms with van der Waals surface area (Å²) in [5.41, 5.74) is 5.21. The van der Waals surface area contributed by atoms with Crippen LogP contribution >= 0.6 is 0 Å². The molecule has 11 rings (SSSR count). The van der Waals surface area contributed by atoms with Gasteiger partial charge in [-0.05, 0) is 111 Å². The van der Waals surface area contributed by atoms with Crippen LogP contribution in [-0.2, 0) is 61.2 Å². The zero-order chi connectivity index (χ0) is 80.9. The summed E-state index contributed by atoms with van der Waals surface area (Å²) in [6, 6.07) is 30.1. The van der Waals surface area contributed by atoms with E-state index in [1.165, 1.54) is 108 Å². The first-order valence-corrected chi connectivity index (χ1v) is 35.5. The maximum atomic E-state index is 14.0. The number of carboxylic acid groups (broad SMARTS) is 1. The molecule has 0 radical (unpaired) electrons. The standard InChI is InChI=1S/C78H84N22O13/c1-92(27-14-24-80-68(102)49-18-13-19-50(30-49)78(112)113)28-15-25-81-70(104)58-31-52(39-94(58)3)84-72(106)60-33-55(42-96(60)5)87-75(109)63-36-57(44-99(63)8)89-77(111)67-91-64(45-100(67)9)90-65(101)37-51(83-69(103)48-22-20-47(21-23-48)46-16-11-10-12-17-46)38-82-71(105)59-32-53(40-95(59)4)85-73(107)61-34-54(41-97(61)6)86-74(108)62-35-56(43-98(62)7)88-76(110)66-79-26-29-93(66)2/h10-13,16-23,26,29-36,39-45,51H,14-15,24-25,27-28,37-38H2,1-9H3,(H,80,102)(H,81,104)(H,82,105)(H,83,103)(H,84,106)(H,85,107)(H,86,108)(H,87,109)(H,88,110)(H,89,111)(H,90,101)(H,112,113)/t51-/m0/s1. The predicted octanol–water partition coefficient (Wildman–Crippen LogP) is 6.49. The van der Waals surface area contributed by atoms with Gasteiger partial charge in [0.05, 0.1) is 45.7 Å². The third-order valence-electron chi connectivity index (χ3n) is 18.3. The van der Waals surface area contributed by atoms with Crippen molar-refractivity contribution in [3.05, 3.63) is 234 Å². The quantitative estimate of drug-likeness (QED) is 0.0200. The lowest BCUT2D eigenvalue weighted by Gasteiger charge is -2.19. The van der Waals surface area contributed by atoms with E-state index in [0.29, 0.717) is 61.8 Å². The normalized spacial score (nSPS) is 11.3. The van der Waals surface area contributed by atoms with Gasteiger partial charge in [-0.3, -0.25) is 52.7 Å². The van der Waals surface area contributed by atoms with Gasteiger partial charge in [0.25, 0.3) is 59.1 Å². The van der Waals surface area contributed by atoms with E-state index in [0.717, 1.165) is 11.1 Å². The van der Waals surface area contributed by atoms with E-state index in [-0.39, 0.29) is 98.0 Å². The lowest BCUT2D eigenvalue weighted by molar-refractivity contribution is -0.116. The van der Waals surface area contributed by atoms with Crippen LogP contribution in [0.2, 0.25) is 0 Å². The van der Waals surface area contributed by atoms with Gasteiger partial charge in [0.1, 0.15) is 34.2 Å². The number of rotatable bonds is 32. The van der Waals surface area contributed by atoms with Gasteiger partial charge in [0.15, 0.2) is 11.6 Å². The van der Waals surface area contributed by atoms with Crippen molar-refractivity contribution in [3.8, 4) is 11.1 Å². The molecular weight excluding hydrogens is 1450 g/mol. The minimum absolute atomic E-state index is 0.0236. The summed E-state index contributed by atoms with van der Waals surface area (Å²) in [7, 11) is 14.9. The molecule has 0 fully saturated rings. The van der Waals surface area contributed by atoms with Crippen LogP contribution in [0.3, 0.4) is 0 Å². The predicted molar refractivity (Wildman–Crippen MR) is 420 cm³/mol. The molecule has 113 heavy (non-hydrogen) atoms. The molecule has 0 aliphatic carbocycles. The van der Waals surface area contributed by atoms with Crippen LogP contribution in [0.4, 0.5) is 39.9 Å². The highest BCUT2D eigenvalue weighted by Gasteiger charge is 2.27. The molecule has 0 bridgehead atoms. The Morgan fingerprint density at radius 2 is 0.796 bits per heavy atom. The van der Waals surface area contributed by atoms with Gasteiger partial charge in [0.2, 0.25) is 11.7 Å². The van der Waals surface area contributed by atoms with Crippen molar-refractivity contribution in [1.82, 2.24) is 72.7 Å². The maximum Gasteiger partial charge on any atom is 0.335 e. The topological polar surface area (TPSA) is 426 Å². The van der Waals surface area contributed by atoms with Gasteiger partial charge >= 0.3 is 5.97 Å².